The minimum atomic E-state index is 0.707. The fourth-order valence-electron chi connectivity index (χ4n) is 2.84. The molecule has 2 nitrogen and oxygen atoms in total. The minimum Gasteiger partial charge on any atom is -0.313 e. The number of nitrogens with zero attached hydrogens (tertiary/aromatic N) is 1. The summed E-state index contributed by atoms with van der Waals surface area (Å²) in [5.41, 5.74) is 0. The predicted molar refractivity (Wildman–Crippen MR) is 71.8 cm³/mol. The van der Waals surface area contributed by atoms with Crippen molar-refractivity contribution in [3.8, 4) is 0 Å². The van der Waals surface area contributed by atoms with Gasteiger partial charge >= 0.3 is 0 Å². The van der Waals surface area contributed by atoms with E-state index in [4.69, 9.17) is 0 Å². The standard InChI is InChI=1S/C14H30N2/c1-4-16(5-2)11-10-15-13(3)12-14-8-6-7-9-14/h13-15H,4-12H2,1-3H3. The van der Waals surface area contributed by atoms with Crippen LogP contribution in [0, 0.1) is 5.92 Å². The van der Waals surface area contributed by atoms with Gasteiger partial charge in [0, 0.05) is 19.1 Å². The molecular weight excluding hydrogens is 196 g/mol. The van der Waals surface area contributed by atoms with Crippen molar-refractivity contribution in [1.82, 2.24) is 10.2 Å². The number of nitrogens with one attached hydrogen (secondary N) is 1. The van der Waals surface area contributed by atoms with Crippen LogP contribution in [0.3, 0.4) is 0 Å². The molecule has 0 heterocycles. The van der Waals surface area contributed by atoms with E-state index in [-0.39, 0.29) is 0 Å². The Bertz CT molecular complexity index is 160. The molecule has 0 saturated heterocycles. The fraction of sp³-hybridized carbons (Fsp3) is 1.00. The zero-order valence-corrected chi connectivity index (χ0v) is 11.5. The van der Waals surface area contributed by atoms with Gasteiger partial charge < -0.3 is 10.2 Å². The lowest BCUT2D eigenvalue weighted by atomic mass is 9.99. The normalized spacial score (nSPS) is 19.5. The maximum Gasteiger partial charge on any atom is 0.0107 e. The van der Waals surface area contributed by atoms with Crippen molar-refractivity contribution in [2.45, 2.75) is 58.9 Å². The number of rotatable bonds is 8. The van der Waals surface area contributed by atoms with Gasteiger partial charge in [-0.1, -0.05) is 39.5 Å². The van der Waals surface area contributed by atoms with Crippen molar-refractivity contribution < 1.29 is 0 Å². The Morgan fingerprint density at radius 1 is 1.19 bits per heavy atom. The summed E-state index contributed by atoms with van der Waals surface area (Å²) >= 11 is 0. The Kier molecular flexibility index (Phi) is 7.06. The van der Waals surface area contributed by atoms with Gasteiger partial charge in [0.05, 0.1) is 0 Å². The topological polar surface area (TPSA) is 15.3 Å². The van der Waals surface area contributed by atoms with Crippen molar-refractivity contribution in [3.05, 3.63) is 0 Å². The van der Waals surface area contributed by atoms with E-state index >= 15 is 0 Å². The van der Waals surface area contributed by atoms with Crippen molar-refractivity contribution >= 4 is 0 Å². The van der Waals surface area contributed by atoms with E-state index in [9.17, 15) is 0 Å². The molecule has 1 rings (SSSR count). The molecule has 0 spiro atoms. The molecule has 0 bridgehead atoms. The molecule has 2 heteroatoms. The molecule has 1 fully saturated rings. The van der Waals surface area contributed by atoms with E-state index in [2.05, 4.69) is 31.0 Å². The zero-order chi connectivity index (χ0) is 11.8. The Morgan fingerprint density at radius 2 is 1.81 bits per heavy atom. The van der Waals surface area contributed by atoms with Crippen LogP contribution in [0.5, 0.6) is 0 Å². The van der Waals surface area contributed by atoms with Gasteiger partial charge in [0.1, 0.15) is 0 Å². The van der Waals surface area contributed by atoms with Gasteiger partial charge in [0.2, 0.25) is 0 Å². The molecule has 1 aliphatic rings. The fourth-order valence-corrected chi connectivity index (χ4v) is 2.84. The third-order valence-electron chi connectivity index (χ3n) is 3.98. The molecule has 16 heavy (non-hydrogen) atoms. The molecule has 0 aliphatic heterocycles. The van der Waals surface area contributed by atoms with Crippen LogP contribution in [0.15, 0.2) is 0 Å². The van der Waals surface area contributed by atoms with E-state index in [1.807, 2.05) is 0 Å². The van der Waals surface area contributed by atoms with Gasteiger partial charge in [0.15, 0.2) is 0 Å². The molecule has 1 atom stereocenters. The maximum absolute atomic E-state index is 3.67. The zero-order valence-electron chi connectivity index (χ0n) is 11.5. The van der Waals surface area contributed by atoms with Crippen LogP contribution in [0.25, 0.3) is 0 Å². The molecular formula is C14H30N2. The van der Waals surface area contributed by atoms with E-state index < -0.39 is 0 Å². The molecule has 0 aromatic rings. The van der Waals surface area contributed by atoms with Crippen molar-refractivity contribution in [1.29, 1.82) is 0 Å². The summed E-state index contributed by atoms with van der Waals surface area (Å²) in [5.74, 6) is 1.01. The van der Waals surface area contributed by atoms with Gasteiger partial charge in [-0.25, -0.2) is 0 Å². The number of likely N-dealkylation sites (N-methyl/N-ethyl adjacent to an activating group) is 1. The van der Waals surface area contributed by atoms with Gasteiger partial charge in [0.25, 0.3) is 0 Å². The Hall–Kier alpha value is -0.0800. The highest BCUT2D eigenvalue weighted by atomic mass is 15.1. The molecule has 1 N–H and O–H groups in total. The monoisotopic (exact) mass is 226 g/mol. The third-order valence-corrected chi connectivity index (χ3v) is 3.98. The van der Waals surface area contributed by atoms with E-state index in [1.54, 1.807) is 0 Å². The summed E-state index contributed by atoms with van der Waals surface area (Å²) in [6.45, 7) is 11.5. The molecule has 0 aromatic heterocycles. The molecule has 1 saturated carbocycles. The van der Waals surface area contributed by atoms with Gasteiger partial charge in [-0.15, -0.1) is 0 Å². The average molecular weight is 226 g/mol. The largest absolute Gasteiger partial charge is 0.313 e. The minimum absolute atomic E-state index is 0.707. The van der Waals surface area contributed by atoms with Crippen LogP contribution < -0.4 is 5.32 Å². The van der Waals surface area contributed by atoms with Gasteiger partial charge in [-0.3, -0.25) is 0 Å². The van der Waals surface area contributed by atoms with Crippen molar-refractivity contribution in [2.75, 3.05) is 26.2 Å². The molecule has 0 aromatic carbocycles. The van der Waals surface area contributed by atoms with Crippen molar-refractivity contribution in [3.63, 3.8) is 0 Å². The van der Waals surface area contributed by atoms with E-state index in [0.717, 1.165) is 12.5 Å². The third kappa shape index (κ3) is 5.31. The summed E-state index contributed by atoms with van der Waals surface area (Å²) in [6.07, 6.45) is 7.27. The van der Waals surface area contributed by atoms with E-state index in [1.165, 1.54) is 51.7 Å². The second-order valence-electron chi connectivity index (χ2n) is 5.27. The quantitative estimate of drug-likeness (QED) is 0.684. The molecule has 1 unspecified atom stereocenters. The summed E-state index contributed by atoms with van der Waals surface area (Å²) < 4.78 is 0. The highest BCUT2D eigenvalue weighted by molar-refractivity contribution is 4.73. The lowest BCUT2D eigenvalue weighted by Crippen LogP contribution is -2.36. The molecule has 1 aliphatic carbocycles. The second-order valence-corrected chi connectivity index (χ2v) is 5.27. The number of hydrogen-bond donors (Lipinski definition) is 1. The molecule has 0 amide bonds. The van der Waals surface area contributed by atoms with Crippen LogP contribution >= 0.6 is 0 Å². The average Bonchev–Trinajstić information content (AvgIpc) is 2.77. The molecule has 96 valence electrons. The van der Waals surface area contributed by atoms with Crippen LogP contribution in [-0.2, 0) is 0 Å². The van der Waals surface area contributed by atoms with E-state index in [0.29, 0.717) is 6.04 Å². The SMILES string of the molecule is CCN(CC)CCNC(C)CC1CCCC1. The lowest BCUT2D eigenvalue weighted by molar-refractivity contribution is 0.291. The van der Waals surface area contributed by atoms with Gasteiger partial charge in [-0.05, 0) is 32.4 Å². The van der Waals surface area contributed by atoms with Gasteiger partial charge in [-0.2, -0.15) is 0 Å². The van der Waals surface area contributed by atoms with Crippen LogP contribution in [0.4, 0.5) is 0 Å². The second kappa shape index (κ2) is 8.08. The highest BCUT2D eigenvalue weighted by Gasteiger charge is 2.17. The first-order valence-corrected chi connectivity index (χ1v) is 7.22. The molecule has 0 radical (unpaired) electrons. The first-order chi connectivity index (χ1) is 7.76. The van der Waals surface area contributed by atoms with Crippen LogP contribution in [-0.4, -0.2) is 37.1 Å². The summed E-state index contributed by atoms with van der Waals surface area (Å²) in [7, 11) is 0. The summed E-state index contributed by atoms with van der Waals surface area (Å²) in [4.78, 5) is 2.48. The number of hydrogen-bond acceptors (Lipinski definition) is 2. The maximum atomic E-state index is 3.67. The predicted octanol–water partition coefficient (Wildman–Crippen LogP) is 2.89. The Morgan fingerprint density at radius 3 is 2.38 bits per heavy atom. The highest BCUT2D eigenvalue weighted by Crippen LogP contribution is 2.28. The first-order valence-electron chi connectivity index (χ1n) is 7.22. The Labute approximate surface area is 102 Å². The first kappa shape index (κ1) is 14.0. The summed E-state index contributed by atoms with van der Waals surface area (Å²) in [6, 6.07) is 0.707. The van der Waals surface area contributed by atoms with Crippen LogP contribution in [0.2, 0.25) is 0 Å². The smallest absolute Gasteiger partial charge is 0.0107 e. The van der Waals surface area contributed by atoms with Crippen molar-refractivity contribution in [2.24, 2.45) is 5.92 Å². The lowest BCUT2D eigenvalue weighted by Gasteiger charge is -2.21. The summed E-state index contributed by atoms with van der Waals surface area (Å²) in [5, 5.41) is 3.67. The Balaban J connectivity index is 2.02. The van der Waals surface area contributed by atoms with Crippen LogP contribution in [0.1, 0.15) is 52.9 Å².